The van der Waals surface area contributed by atoms with Gasteiger partial charge in [-0.25, -0.2) is 5.43 Å². The first-order chi connectivity index (χ1) is 16.5. The Morgan fingerprint density at radius 3 is 2.53 bits per heavy atom. The summed E-state index contributed by atoms with van der Waals surface area (Å²) in [7, 11) is 0. The van der Waals surface area contributed by atoms with E-state index in [4.69, 9.17) is 25.5 Å². The van der Waals surface area contributed by atoms with E-state index in [-0.39, 0.29) is 17.6 Å². The zero-order valence-electron chi connectivity index (χ0n) is 18.4. The number of aryl methyl sites for hydroxylation is 1. The van der Waals surface area contributed by atoms with Gasteiger partial charge in [0.25, 0.3) is 11.8 Å². The van der Waals surface area contributed by atoms with E-state index in [0.29, 0.717) is 70.9 Å². The van der Waals surface area contributed by atoms with Gasteiger partial charge in [-0.1, -0.05) is 11.6 Å². The van der Waals surface area contributed by atoms with Gasteiger partial charge >= 0.3 is 0 Å². The summed E-state index contributed by atoms with van der Waals surface area (Å²) in [6.07, 6.45) is 2.16. The fraction of sp³-hybridized carbons (Fsp3) is 0.240. The van der Waals surface area contributed by atoms with Crippen molar-refractivity contribution in [3.05, 3.63) is 75.7 Å². The molecule has 0 saturated heterocycles. The van der Waals surface area contributed by atoms with Crippen LogP contribution in [0.15, 0.2) is 52.0 Å². The number of benzene rings is 2. The quantitative estimate of drug-likeness (QED) is 0.526. The molecule has 0 fully saturated rings. The highest BCUT2D eigenvalue weighted by atomic mass is 35.5. The molecule has 2 aliphatic rings. The number of nitrogens with one attached hydrogen (secondary N) is 2. The van der Waals surface area contributed by atoms with Crippen molar-refractivity contribution in [3.63, 3.8) is 0 Å². The molecule has 1 aliphatic carbocycles. The van der Waals surface area contributed by atoms with Gasteiger partial charge in [-0.3, -0.25) is 9.59 Å². The van der Waals surface area contributed by atoms with Crippen LogP contribution in [0.5, 0.6) is 11.5 Å². The number of halogens is 1. The van der Waals surface area contributed by atoms with Crippen LogP contribution >= 0.6 is 11.6 Å². The molecule has 0 atom stereocenters. The zero-order chi connectivity index (χ0) is 23.7. The Labute approximate surface area is 200 Å². The normalized spacial score (nSPS) is 15.5. The lowest BCUT2D eigenvalue weighted by atomic mass is 9.93. The summed E-state index contributed by atoms with van der Waals surface area (Å²) < 4.78 is 17.0. The molecule has 2 aromatic carbocycles. The molecule has 3 aromatic rings. The van der Waals surface area contributed by atoms with Gasteiger partial charge in [0.1, 0.15) is 19.0 Å². The van der Waals surface area contributed by atoms with Crippen LogP contribution in [0.25, 0.3) is 0 Å². The van der Waals surface area contributed by atoms with Crippen molar-refractivity contribution in [2.45, 2.75) is 26.2 Å². The minimum atomic E-state index is -0.367. The van der Waals surface area contributed by atoms with E-state index in [0.717, 1.165) is 12.0 Å². The van der Waals surface area contributed by atoms with Crippen molar-refractivity contribution in [2.24, 2.45) is 5.10 Å². The molecule has 9 heteroatoms. The number of carbonyl (C=O) groups is 2. The molecule has 174 valence electrons. The van der Waals surface area contributed by atoms with E-state index in [1.54, 1.807) is 42.5 Å². The molecule has 0 unspecified atom stereocenters. The maximum Gasteiger partial charge on any atom is 0.291 e. The number of carbonyl (C=O) groups excluding carboxylic acids is 2. The number of hydrazone groups is 1. The second-order valence-electron chi connectivity index (χ2n) is 8.03. The average Bonchev–Trinajstić information content (AvgIpc) is 3.20. The molecular weight excluding hydrogens is 458 g/mol. The topological polar surface area (TPSA) is 102 Å². The summed E-state index contributed by atoms with van der Waals surface area (Å²) in [6, 6.07) is 11.8. The van der Waals surface area contributed by atoms with E-state index in [2.05, 4.69) is 15.8 Å². The highest BCUT2D eigenvalue weighted by Crippen LogP contribution is 2.34. The van der Waals surface area contributed by atoms with Crippen LogP contribution in [0.4, 0.5) is 5.69 Å². The van der Waals surface area contributed by atoms with Crippen LogP contribution in [-0.4, -0.2) is 30.7 Å². The molecule has 1 aliphatic heterocycles. The first kappa shape index (κ1) is 22.0. The van der Waals surface area contributed by atoms with Crippen LogP contribution in [0.2, 0.25) is 5.02 Å². The minimum absolute atomic E-state index is 0.221. The molecule has 0 radical (unpaired) electrons. The van der Waals surface area contributed by atoms with Gasteiger partial charge in [-0.05, 0) is 56.2 Å². The molecule has 34 heavy (non-hydrogen) atoms. The summed E-state index contributed by atoms with van der Waals surface area (Å²) in [5, 5.41) is 7.76. The Hall–Kier alpha value is -3.78. The molecular formula is C25H22ClN3O5. The number of hydrogen-bond donors (Lipinski definition) is 2. The number of ether oxygens (including phenoxy) is 2. The first-order valence-electron chi connectivity index (χ1n) is 11.0. The van der Waals surface area contributed by atoms with Crippen LogP contribution in [-0.2, 0) is 6.42 Å². The van der Waals surface area contributed by atoms with Gasteiger partial charge in [0, 0.05) is 39.9 Å². The molecule has 2 N–H and O–H groups in total. The monoisotopic (exact) mass is 479 g/mol. The lowest BCUT2D eigenvalue weighted by Gasteiger charge is -2.18. The van der Waals surface area contributed by atoms with Crippen molar-refractivity contribution >= 4 is 34.8 Å². The van der Waals surface area contributed by atoms with Crippen molar-refractivity contribution < 1.29 is 23.5 Å². The van der Waals surface area contributed by atoms with E-state index >= 15 is 0 Å². The van der Waals surface area contributed by atoms with Crippen LogP contribution in [0, 0.1) is 6.92 Å². The Bertz CT molecular complexity index is 1300. The predicted molar refractivity (Wildman–Crippen MR) is 127 cm³/mol. The minimum Gasteiger partial charge on any atom is -0.486 e. The number of fused-ring (bicyclic) bond motifs is 2. The Morgan fingerprint density at radius 1 is 0.971 bits per heavy atom. The summed E-state index contributed by atoms with van der Waals surface area (Å²) in [4.78, 5) is 25.5. The molecule has 1 aromatic heterocycles. The second-order valence-corrected chi connectivity index (χ2v) is 8.46. The smallest absolute Gasteiger partial charge is 0.291 e. The molecule has 2 amide bonds. The number of hydrogen-bond acceptors (Lipinski definition) is 6. The second kappa shape index (κ2) is 9.23. The molecule has 8 nitrogen and oxygen atoms in total. The highest BCUT2D eigenvalue weighted by molar-refractivity contribution is 6.30. The van der Waals surface area contributed by atoms with E-state index in [9.17, 15) is 9.59 Å². The summed E-state index contributed by atoms with van der Waals surface area (Å²) in [6.45, 7) is 2.79. The van der Waals surface area contributed by atoms with Gasteiger partial charge in [0.2, 0.25) is 0 Å². The van der Waals surface area contributed by atoms with Gasteiger partial charge in [0.15, 0.2) is 17.3 Å². The van der Waals surface area contributed by atoms with Crippen LogP contribution < -0.4 is 20.2 Å². The third-order valence-corrected chi connectivity index (χ3v) is 5.98. The Balaban J connectivity index is 1.35. The third kappa shape index (κ3) is 4.36. The first-order valence-corrected chi connectivity index (χ1v) is 11.3. The largest absolute Gasteiger partial charge is 0.486 e. The fourth-order valence-corrected chi connectivity index (χ4v) is 4.22. The lowest BCUT2D eigenvalue weighted by Crippen LogP contribution is -2.22. The van der Waals surface area contributed by atoms with Gasteiger partial charge < -0.3 is 19.2 Å². The molecule has 0 spiro atoms. The maximum atomic E-state index is 13.0. The van der Waals surface area contributed by atoms with Crippen molar-refractivity contribution in [1.29, 1.82) is 0 Å². The van der Waals surface area contributed by atoms with Crippen LogP contribution in [0.3, 0.4) is 0 Å². The number of anilines is 1. The van der Waals surface area contributed by atoms with Gasteiger partial charge in [-0.2, -0.15) is 5.10 Å². The fourth-order valence-electron chi connectivity index (χ4n) is 4.09. The molecule has 0 saturated carbocycles. The third-order valence-electron chi connectivity index (χ3n) is 5.73. The summed E-state index contributed by atoms with van der Waals surface area (Å²) in [5.41, 5.74) is 5.77. The number of amides is 2. The van der Waals surface area contributed by atoms with E-state index < -0.39 is 0 Å². The zero-order valence-corrected chi connectivity index (χ0v) is 19.2. The average molecular weight is 480 g/mol. The highest BCUT2D eigenvalue weighted by Gasteiger charge is 2.28. The molecule has 0 bridgehead atoms. The SMILES string of the molecule is Cc1c(C(=O)Nc2ccc3c(c2)OCCO3)oc2c1/C(=N/NC(=O)c1ccc(Cl)cc1)CCC2. The summed E-state index contributed by atoms with van der Waals surface area (Å²) in [5.74, 6) is 1.44. The maximum absolute atomic E-state index is 13.0. The predicted octanol–water partition coefficient (Wildman–Crippen LogP) is 4.74. The van der Waals surface area contributed by atoms with Crippen molar-refractivity contribution in [2.75, 3.05) is 18.5 Å². The Kier molecular flexibility index (Phi) is 5.98. The Morgan fingerprint density at radius 2 is 1.74 bits per heavy atom. The summed E-state index contributed by atoms with van der Waals surface area (Å²) >= 11 is 5.88. The van der Waals surface area contributed by atoms with E-state index in [1.165, 1.54) is 0 Å². The lowest BCUT2D eigenvalue weighted by molar-refractivity contribution is 0.0953. The van der Waals surface area contributed by atoms with Gasteiger partial charge in [-0.15, -0.1) is 0 Å². The van der Waals surface area contributed by atoms with E-state index in [1.807, 2.05) is 6.92 Å². The van der Waals surface area contributed by atoms with Crippen molar-refractivity contribution in [1.82, 2.24) is 5.43 Å². The number of nitrogens with zero attached hydrogens (tertiary/aromatic N) is 1. The number of furan rings is 1. The van der Waals surface area contributed by atoms with Gasteiger partial charge in [0.05, 0.1) is 5.71 Å². The number of rotatable bonds is 4. The van der Waals surface area contributed by atoms with Crippen molar-refractivity contribution in [3.8, 4) is 11.5 Å². The standard InChI is InChI=1S/C25H22ClN3O5/c1-14-22-18(28-29-24(30)15-5-7-16(26)8-6-15)3-2-4-20(22)34-23(14)25(31)27-17-9-10-19-21(13-17)33-12-11-32-19/h5-10,13H,2-4,11-12H2,1H3,(H,27,31)(H,29,30)/b28-18+. The molecule has 2 heterocycles. The molecule has 5 rings (SSSR count). The van der Waals surface area contributed by atoms with Crippen LogP contribution in [0.1, 0.15) is 50.6 Å².